The highest BCUT2D eigenvalue weighted by molar-refractivity contribution is 5.94. The van der Waals surface area contributed by atoms with Crippen LogP contribution in [0.3, 0.4) is 0 Å². The van der Waals surface area contributed by atoms with Crippen LogP contribution in [0.4, 0.5) is 8.78 Å². The van der Waals surface area contributed by atoms with E-state index in [0.717, 1.165) is 38.1 Å². The van der Waals surface area contributed by atoms with Crippen molar-refractivity contribution in [1.82, 2.24) is 10.2 Å². The number of nitrogens with one attached hydrogen (secondary N) is 1. The van der Waals surface area contributed by atoms with Gasteiger partial charge in [-0.2, -0.15) is 0 Å². The Morgan fingerprint density at radius 2 is 1.90 bits per heavy atom. The lowest BCUT2D eigenvalue weighted by Crippen LogP contribution is -2.39. The topological polar surface area (TPSA) is 32.3 Å². The van der Waals surface area contributed by atoms with Gasteiger partial charge in [0.2, 0.25) is 0 Å². The lowest BCUT2D eigenvalue weighted by molar-refractivity contribution is 0.0717. The van der Waals surface area contributed by atoms with E-state index in [0.29, 0.717) is 19.0 Å². The van der Waals surface area contributed by atoms with E-state index in [-0.39, 0.29) is 0 Å². The van der Waals surface area contributed by atoms with Gasteiger partial charge in [0.05, 0.1) is 0 Å². The molecule has 1 aromatic rings. The summed E-state index contributed by atoms with van der Waals surface area (Å²) in [6.45, 7) is 4.72. The second kappa shape index (κ2) is 6.79. The Labute approximate surface area is 118 Å². The number of carbonyl (C=O) groups excluding carboxylic acids is 1. The Morgan fingerprint density at radius 3 is 2.45 bits per heavy atom. The van der Waals surface area contributed by atoms with Crippen LogP contribution in [0.1, 0.15) is 30.1 Å². The largest absolute Gasteiger partial charge is 0.338 e. The number of hydrogen-bond acceptors (Lipinski definition) is 2. The van der Waals surface area contributed by atoms with E-state index in [2.05, 4.69) is 5.32 Å². The molecule has 2 rings (SSSR count). The number of carbonyl (C=O) groups is 1. The molecular formula is C15H20F2N2O. The number of halogens is 2. The quantitative estimate of drug-likeness (QED) is 0.920. The molecule has 1 amide bonds. The molecule has 1 aliphatic heterocycles. The molecule has 1 saturated heterocycles. The predicted octanol–water partition coefficient (Wildman–Crippen LogP) is 2.43. The maximum absolute atomic E-state index is 13.7. The number of hydrogen-bond donors (Lipinski definition) is 1. The van der Waals surface area contributed by atoms with Gasteiger partial charge in [-0.25, -0.2) is 8.78 Å². The fourth-order valence-corrected chi connectivity index (χ4v) is 2.59. The number of amides is 1. The van der Waals surface area contributed by atoms with E-state index in [1.165, 1.54) is 11.0 Å². The molecule has 110 valence electrons. The van der Waals surface area contributed by atoms with Crippen LogP contribution in [0.25, 0.3) is 0 Å². The zero-order valence-corrected chi connectivity index (χ0v) is 11.7. The molecule has 1 aromatic carbocycles. The van der Waals surface area contributed by atoms with Crippen molar-refractivity contribution < 1.29 is 13.6 Å². The maximum Gasteiger partial charge on any atom is 0.259 e. The first-order chi connectivity index (χ1) is 9.63. The van der Waals surface area contributed by atoms with Crippen molar-refractivity contribution >= 4 is 5.91 Å². The molecule has 1 N–H and O–H groups in total. The average Bonchev–Trinajstić information content (AvgIpc) is 2.45. The summed E-state index contributed by atoms with van der Waals surface area (Å²) in [5.41, 5.74) is -0.441. The average molecular weight is 282 g/mol. The first-order valence-electron chi connectivity index (χ1n) is 7.07. The summed E-state index contributed by atoms with van der Waals surface area (Å²) in [6, 6.07) is 3.51. The number of nitrogens with zero attached hydrogens (tertiary/aromatic N) is 1. The third kappa shape index (κ3) is 3.33. The standard InChI is InChI=1S/C15H20F2N2O/c1-2-19(10-11-6-8-18-9-7-11)15(20)14-12(16)4-3-5-13(14)17/h3-5,11,18H,2,6-10H2,1H3. The Morgan fingerprint density at radius 1 is 1.30 bits per heavy atom. The molecule has 1 aliphatic rings. The molecular weight excluding hydrogens is 262 g/mol. The second-order valence-corrected chi connectivity index (χ2v) is 5.13. The summed E-state index contributed by atoms with van der Waals surface area (Å²) < 4.78 is 27.4. The zero-order chi connectivity index (χ0) is 14.5. The normalized spacial score (nSPS) is 16.1. The van der Waals surface area contributed by atoms with Gasteiger partial charge in [-0.05, 0) is 50.9 Å². The van der Waals surface area contributed by atoms with Crippen molar-refractivity contribution in [3.05, 3.63) is 35.4 Å². The molecule has 0 bridgehead atoms. The highest BCUT2D eigenvalue weighted by Gasteiger charge is 2.25. The summed E-state index contributed by atoms with van der Waals surface area (Å²) in [4.78, 5) is 13.9. The van der Waals surface area contributed by atoms with Gasteiger partial charge in [0.1, 0.15) is 17.2 Å². The first-order valence-corrected chi connectivity index (χ1v) is 7.07. The molecule has 0 aromatic heterocycles. The number of benzene rings is 1. The maximum atomic E-state index is 13.7. The van der Waals surface area contributed by atoms with Crippen LogP contribution >= 0.6 is 0 Å². The summed E-state index contributed by atoms with van der Waals surface area (Å²) in [7, 11) is 0. The second-order valence-electron chi connectivity index (χ2n) is 5.13. The van der Waals surface area contributed by atoms with Crippen LogP contribution in [0, 0.1) is 17.6 Å². The van der Waals surface area contributed by atoms with E-state index in [1.54, 1.807) is 0 Å². The van der Waals surface area contributed by atoms with Gasteiger partial charge in [-0.15, -0.1) is 0 Å². The molecule has 0 aliphatic carbocycles. The van der Waals surface area contributed by atoms with Crippen molar-refractivity contribution in [3.8, 4) is 0 Å². The third-order valence-electron chi connectivity index (χ3n) is 3.78. The highest BCUT2D eigenvalue weighted by Crippen LogP contribution is 2.18. The molecule has 1 heterocycles. The Balaban J connectivity index is 2.12. The van der Waals surface area contributed by atoms with Crippen molar-refractivity contribution in [1.29, 1.82) is 0 Å². The number of rotatable bonds is 4. The van der Waals surface area contributed by atoms with Gasteiger partial charge < -0.3 is 10.2 Å². The third-order valence-corrected chi connectivity index (χ3v) is 3.78. The first kappa shape index (κ1) is 14.9. The smallest absolute Gasteiger partial charge is 0.259 e. The molecule has 5 heteroatoms. The van der Waals surface area contributed by atoms with Crippen LogP contribution in [0.2, 0.25) is 0 Å². The molecule has 0 atom stereocenters. The fraction of sp³-hybridized carbons (Fsp3) is 0.533. The van der Waals surface area contributed by atoms with Crippen molar-refractivity contribution in [2.24, 2.45) is 5.92 Å². The fourth-order valence-electron chi connectivity index (χ4n) is 2.59. The van der Waals surface area contributed by atoms with Gasteiger partial charge >= 0.3 is 0 Å². The summed E-state index contributed by atoms with van der Waals surface area (Å²) in [6.07, 6.45) is 1.98. The minimum Gasteiger partial charge on any atom is -0.338 e. The van der Waals surface area contributed by atoms with E-state index in [1.807, 2.05) is 6.92 Å². The van der Waals surface area contributed by atoms with Gasteiger partial charge in [0, 0.05) is 13.1 Å². The Bertz CT molecular complexity index is 453. The lowest BCUT2D eigenvalue weighted by atomic mass is 9.97. The number of piperidine rings is 1. The van der Waals surface area contributed by atoms with Crippen molar-refractivity contribution in [2.45, 2.75) is 19.8 Å². The Kier molecular flexibility index (Phi) is 5.06. The van der Waals surface area contributed by atoms with Crippen LogP contribution in [-0.2, 0) is 0 Å². The molecule has 0 spiro atoms. The summed E-state index contributed by atoms with van der Waals surface area (Å²) >= 11 is 0. The minimum absolute atomic E-state index is 0.398. The van der Waals surface area contributed by atoms with Gasteiger partial charge in [0.25, 0.3) is 5.91 Å². The van der Waals surface area contributed by atoms with Gasteiger partial charge in [0.15, 0.2) is 0 Å². The summed E-state index contributed by atoms with van der Waals surface area (Å²) in [5.74, 6) is -1.74. The van der Waals surface area contributed by atoms with E-state index in [9.17, 15) is 13.6 Å². The van der Waals surface area contributed by atoms with Crippen LogP contribution < -0.4 is 5.32 Å². The Hall–Kier alpha value is -1.49. The van der Waals surface area contributed by atoms with Crippen molar-refractivity contribution in [2.75, 3.05) is 26.2 Å². The van der Waals surface area contributed by atoms with Gasteiger partial charge in [-0.3, -0.25) is 4.79 Å². The molecule has 3 nitrogen and oxygen atoms in total. The monoisotopic (exact) mass is 282 g/mol. The SMILES string of the molecule is CCN(CC1CCNCC1)C(=O)c1c(F)cccc1F. The van der Waals surface area contributed by atoms with E-state index >= 15 is 0 Å². The molecule has 0 radical (unpaired) electrons. The lowest BCUT2D eigenvalue weighted by Gasteiger charge is -2.29. The van der Waals surface area contributed by atoms with Crippen LogP contribution in [0.15, 0.2) is 18.2 Å². The minimum atomic E-state index is -0.793. The van der Waals surface area contributed by atoms with E-state index < -0.39 is 23.1 Å². The zero-order valence-electron chi connectivity index (χ0n) is 11.7. The van der Waals surface area contributed by atoms with E-state index in [4.69, 9.17) is 0 Å². The predicted molar refractivity (Wildman–Crippen MR) is 73.5 cm³/mol. The van der Waals surface area contributed by atoms with Gasteiger partial charge in [-0.1, -0.05) is 6.07 Å². The van der Waals surface area contributed by atoms with Crippen LogP contribution in [-0.4, -0.2) is 37.0 Å². The molecule has 1 fully saturated rings. The highest BCUT2D eigenvalue weighted by atomic mass is 19.1. The molecule has 20 heavy (non-hydrogen) atoms. The van der Waals surface area contributed by atoms with Crippen LogP contribution in [0.5, 0.6) is 0 Å². The summed E-state index contributed by atoms with van der Waals surface area (Å²) in [5, 5.41) is 3.26. The molecule has 0 saturated carbocycles. The molecule has 0 unspecified atom stereocenters. The van der Waals surface area contributed by atoms with Crippen molar-refractivity contribution in [3.63, 3.8) is 0 Å².